The molecule has 1 atom stereocenters. The van der Waals surface area contributed by atoms with E-state index in [-0.39, 0.29) is 0 Å². The summed E-state index contributed by atoms with van der Waals surface area (Å²) in [6, 6.07) is 2.88. The molecule has 5 nitrogen and oxygen atoms in total. The first-order valence-corrected chi connectivity index (χ1v) is 7.16. The molecule has 1 saturated carbocycles. The number of nitrogens with one attached hydrogen (secondary N) is 2. The third-order valence-corrected chi connectivity index (χ3v) is 4.19. The standard InChI is InChI=1S/C14H19N5/c1-2-11(1)16-7-10-4-6-19(8-10)14-12-3-5-15-13(12)17-9-18-14/h3,5,9-11,16H,1-2,4,6-8H2,(H,15,17,18). The van der Waals surface area contributed by atoms with Crippen molar-refractivity contribution in [2.75, 3.05) is 24.5 Å². The molecule has 2 aromatic heterocycles. The lowest BCUT2D eigenvalue weighted by molar-refractivity contribution is 0.515. The maximum atomic E-state index is 4.48. The largest absolute Gasteiger partial charge is 0.356 e. The highest BCUT2D eigenvalue weighted by Gasteiger charge is 2.27. The Kier molecular flexibility index (Phi) is 2.65. The van der Waals surface area contributed by atoms with Gasteiger partial charge in [-0.25, -0.2) is 9.97 Å². The number of hydrogen-bond donors (Lipinski definition) is 2. The first-order chi connectivity index (χ1) is 9.40. The van der Waals surface area contributed by atoms with Gasteiger partial charge in [-0.05, 0) is 37.8 Å². The minimum atomic E-state index is 0.754. The minimum absolute atomic E-state index is 0.754. The predicted molar refractivity (Wildman–Crippen MR) is 75.2 cm³/mol. The highest BCUT2D eigenvalue weighted by molar-refractivity contribution is 5.87. The summed E-state index contributed by atoms with van der Waals surface area (Å²) in [6.45, 7) is 3.37. The van der Waals surface area contributed by atoms with Crippen molar-refractivity contribution in [3.8, 4) is 0 Å². The summed E-state index contributed by atoms with van der Waals surface area (Å²) in [5.41, 5.74) is 0.935. The quantitative estimate of drug-likeness (QED) is 0.872. The maximum Gasteiger partial charge on any atom is 0.142 e. The number of aromatic amines is 1. The fourth-order valence-electron chi connectivity index (χ4n) is 2.92. The van der Waals surface area contributed by atoms with Gasteiger partial charge in [-0.2, -0.15) is 0 Å². The lowest BCUT2D eigenvalue weighted by atomic mass is 10.1. The van der Waals surface area contributed by atoms with E-state index in [0.717, 1.165) is 48.4 Å². The van der Waals surface area contributed by atoms with Crippen molar-refractivity contribution in [2.45, 2.75) is 25.3 Å². The second-order valence-electron chi connectivity index (χ2n) is 5.72. The molecule has 100 valence electrons. The van der Waals surface area contributed by atoms with E-state index < -0.39 is 0 Å². The summed E-state index contributed by atoms with van der Waals surface area (Å²) in [5.74, 6) is 1.84. The van der Waals surface area contributed by atoms with Crippen LogP contribution in [0.1, 0.15) is 19.3 Å². The zero-order valence-corrected chi connectivity index (χ0v) is 11.0. The molecule has 0 amide bonds. The molecule has 1 aliphatic carbocycles. The smallest absolute Gasteiger partial charge is 0.142 e. The van der Waals surface area contributed by atoms with E-state index >= 15 is 0 Å². The van der Waals surface area contributed by atoms with Crippen molar-refractivity contribution in [3.05, 3.63) is 18.6 Å². The van der Waals surface area contributed by atoms with Crippen molar-refractivity contribution in [2.24, 2.45) is 5.92 Å². The van der Waals surface area contributed by atoms with Gasteiger partial charge < -0.3 is 15.2 Å². The number of fused-ring (bicyclic) bond motifs is 1. The van der Waals surface area contributed by atoms with Gasteiger partial charge in [0.05, 0.1) is 5.39 Å². The van der Waals surface area contributed by atoms with Crippen LogP contribution in [0.2, 0.25) is 0 Å². The topological polar surface area (TPSA) is 56.8 Å². The van der Waals surface area contributed by atoms with Crippen LogP contribution in [0.15, 0.2) is 18.6 Å². The first-order valence-electron chi connectivity index (χ1n) is 7.16. The van der Waals surface area contributed by atoms with Crippen molar-refractivity contribution in [1.82, 2.24) is 20.3 Å². The Labute approximate surface area is 112 Å². The molecule has 2 fully saturated rings. The van der Waals surface area contributed by atoms with Gasteiger partial charge in [-0.1, -0.05) is 0 Å². The predicted octanol–water partition coefficient (Wildman–Crippen LogP) is 1.54. The molecule has 19 heavy (non-hydrogen) atoms. The summed E-state index contributed by atoms with van der Waals surface area (Å²) in [7, 11) is 0. The van der Waals surface area contributed by atoms with Crippen molar-refractivity contribution >= 4 is 16.9 Å². The van der Waals surface area contributed by atoms with Crippen LogP contribution in [0.3, 0.4) is 0 Å². The van der Waals surface area contributed by atoms with Crippen LogP contribution in [0.25, 0.3) is 11.0 Å². The van der Waals surface area contributed by atoms with E-state index in [2.05, 4.69) is 31.2 Å². The Balaban J connectivity index is 1.48. The van der Waals surface area contributed by atoms with Crippen LogP contribution in [0.5, 0.6) is 0 Å². The molecule has 3 heterocycles. The second kappa shape index (κ2) is 4.49. The van der Waals surface area contributed by atoms with Gasteiger partial charge in [0.1, 0.15) is 17.8 Å². The monoisotopic (exact) mass is 257 g/mol. The number of hydrogen-bond acceptors (Lipinski definition) is 4. The van der Waals surface area contributed by atoms with Crippen molar-refractivity contribution < 1.29 is 0 Å². The summed E-state index contributed by atoms with van der Waals surface area (Å²) < 4.78 is 0. The fraction of sp³-hybridized carbons (Fsp3) is 0.571. The van der Waals surface area contributed by atoms with E-state index in [4.69, 9.17) is 0 Å². The minimum Gasteiger partial charge on any atom is -0.356 e. The zero-order valence-electron chi connectivity index (χ0n) is 11.0. The van der Waals surface area contributed by atoms with E-state index in [1.165, 1.54) is 19.3 Å². The molecule has 2 N–H and O–H groups in total. The van der Waals surface area contributed by atoms with E-state index in [1.54, 1.807) is 6.33 Å². The van der Waals surface area contributed by atoms with Crippen molar-refractivity contribution in [3.63, 3.8) is 0 Å². The molecule has 0 radical (unpaired) electrons. The van der Waals surface area contributed by atoms with Crippen LogP contribution in [-0.4, -0.2) is 40.6 Å². The van der Waals surface area contributed by atoms with Crippen LogP contribution in [-0.2, 0) is 0 Å². The van der Waals surface area contributed by atoms with Crippen molar-refractivity contribution in [1.29, 1.82) is 0 Å². The molecular weight excluding hydrogens is 238 g/mol. The normalized spacial score (nSPS) is 23.4. The van der Waals surface area contributed by atoms with Crippen LogP contribution in [0, 0.1) is 5.92 Å². The third kappa shape index (κ3) is 2.18. The number of H-pyrrole nitrogens is 1. The Morgan fingerprint density at radius 1 is 1.32 bits per heavy atom. The molecule has 0 bridgehead atoms. The average Bonchev–Trinajstić information content (AvgIpc) is 2.96. The Hall–Kier alpha value is -1.62. The van der Waals surface area contributed by atoms with E-state index in [9.17, 15) is 0 Å². The van der Waals surface area contributed by atoms with Gasteiger partial charge in [0, 0.05) is 25.3 Å². The van der Waals surface area contributed by atoms with Crippen LogP contribution < -0.4 is 10.2 Å². The molecule has 1 unspecified atom stereocenters. The van der Waals surface area contributed by atoms with Crippen LogP contribution in [0.4, 0.5) is 5.82 Å². The van der Waals surface area contributed by atoms with Gasteiger partial charge in [-0.15, -0.1) is 0 Å². The Bertz CT molecular complexity index is 574. The summed E-state index contributed by atoms with van der Waals surface area (Å²) in [5, 5.41) is 4.77. The summed E-state index contributed by atoms with van der Waals surface area (Å²) in [4.78, 5) is 14.3. The lowest BCUT2D eigenvalue weighted by Crippen LogP contribution is -2.28. The third-order valence-electron chi connectivity index (χ3n) is 4.19. The van der Waals surface area contributed by atoms with E-state index in [0.29, 0.717) is 0 Å². The molecule has 2 aliphatic rings. The Morgan fingerprint density at radius 2 is 2.26 bits per heavy atom. The molecule has 0 aromatic carbocycles. The van der Waals surface area contributed by atoms with Crippen LogP contribution >= 0.6 is 0 Å². The molecule has 5 heteroatoms. The molecular formula is C14H19N5. The number of anilines is 1. The summed E-state index contributed by atoms with van der Waals surface area (Å²) in [6.07, 6.45) is 7.59. The molecule has 1 aliphatic heterocycles. The van der Waals surface area contributed by atoms with Gasteiger partial charge >= 0.3 is 0 Å². The van der Waals surface area contributed by atoms with E-state index in [1.807, 2.05) is 6.20 Å². The van der Waals surface area contributed by atoms with Gasteiger partial charge in [0.2, 0.25) is 0 Å². The SMILES string of the molecule is c1nc(N2CCC(CNC3CC3)C2)c2cc[nH]c2n1. The highest BCUT2D eigenvalue weighted by Crippen LogP contribution is 2.28. The van der Waals surface area contributed by atoms with Gasteiger partial charge in [-0.3, -0.25) is 0 Å². The lowest BCUT2D eigenvalue weighted by Gasteiger charge is -2.18. The molecule has 1 saturated heterocycles. The first kappa shape index (κ1) is 11.2. The molecule has 2 aromatic rings. The second-order valence-corrected chi connectivity index (χ2v) is 5.72. The maximum absolute atomic E-state index is 4.48. The number of aromatic nitrogens is 3. The highest BCUT2D eigenvalue weighted by atomic mass is 15.2. The Morgan fingerprint density at radius 3 is 3.16 bits per heavy atom. The fourth-order valence-corrected chi connectivity index (χ4v) is 2.92. The summed E-state index contributed by atoms with van der Waals surface area (Å²) >= 11 is 0. The number of rotatable bonds is 4. The molecule has 0 spiro atoms. The molecule has 4 rings (SSSR count). The average molecular weight is 257 g/mol. The zero-order chi connectivity index (χ0) is 12.7. The van der Waals surface area contributed by atoms with Gasteiger partial charge in [0.15, 0.2) is 0 Å². The number of nitrogens with zero attached hydrogens (tertiary/aromatic N) is 3. The van der Waals surface area contributed by atoms with Gasteiger partial charge in [0.25, 0.3) is 0 Å².